The number of nitrogens with zero attached hydrogens (tertiary/aromatic N) is 1. The molecule has 13 heavy (non-hydrogen) atoms. The molecular weight excluding hydrogens is 165 g/mol. The Kier molecular flexibility index (Phi) is 1.98. The quantitative estimate of drug-likeness (QED) is 0.592. The van der Waals surface area contributed by atoms with Crippen LogP contribution in [0.1, 0.15) is 24.8 Å². The molecule has 1 aromatic carbocycles. The molecule has 0 fully saturated rings. The van der Waals surface area contributed by atoms with Gasteiger partial charge in [-0.1, -0.05) is 19.1 Å². The average molecular weight is 179 g/mol. The Labute approximate surface area is 78.2 Å². The molecule has 1 heterocycles. The van der Waals surface area contributed by atoms with Crippen LogP contribution in [-0.2, 0) is 0 Å². The molecule has 0 amide bonds. The Morgan fingerprint density at radius 1 is 1.46 bits per heavy atom. The second-order valence-electron chi connectivity index (χ2n) is 3.79. The fourth-order valence-electron chi connectivity index (χ4n) is 1.99. The van der Waals surface area contributed by atoms with Crippen LogP contribution in [0.4, 0.5) is 10.1 Å². The molecule has 0 N–H and O–H groups in total. The number of anilines is 1. The second kappa shape index (κ2) is 3.02. The Morgan fingerprint density at radius 3 is 2.92 bits per heavy atom. The minimum atomic E-state index is -0.0912. The van der Waals surface area contributed by atoms with Crippen molar-refractivity contribution in [3.63, 3.8) is 0 Å². The molecule has 2 rings (SSSR count). The van der Waals surface area contributed by atoms with E-state index in [2.05, 4.69) is 6.92 Å². The Balaban J connectivity index is 2.56. The number of para-hydroxylation sites is 1. The van der Waals surface area contributed by atoms with Crippen molar-refractivity contribution in [1.29, 1.82) is 0 Å². The smallest absolute Gasteiger partial charge is 0.146 e. The highest BCUT2D eigenvalue weighted by Crippen LogP contribution is 2.35. The van der Waals surface area contributed by atoms with Gasteiger partial charge in [-0.15, -0.1) is 0 Å². The minimum absolute atomic E-state index is 0.0912. The van der Waals surface area contributed by atoms with Crippen LogP contribution >= 0.6 is 0 Å². The van der Waals surface area contributed by atoms with Crippen molar-refractivity contribution in [3.05, 3.63) is 29.6 Å². The molecule has 0 bridgehead atoms. The first-order valence-corrected chi connectivity index (χ1v) is 4.69. The van der Waals surface area contributed by atoms with E-state index in [-0.39, 0.29) is 5.82 Å². The van der Waals surface area contributed by atoms with Crippen molar-refractivity contribution in [2.75, 3.05) is 18.5 Å². The van der Waals surface area contributed by atoms with Gasteiger partial charge in [0.25, 0.3) is 0 Å². The summed E-state index contributed by atoms with van der Waals surface area (Å²) >= 11 is 0. The van der Waals surface area contributed by atoms with Gasteiger partial charge in [-0.2, -0.15) is 0 Å². The highest BCUT2D eigenvalue weighted by atomic mass is 19.1. The van der Waals surface area contributed by atoms with Gasteiger partial charge in [0, 0.05) is 13.6 Å². The van der Waals surface area contributed by atoms with Crippen molar-refractivity contribution >= 4 is 5.69 Å². The third-order valence-corrected chi connectivity index (χ3v) is 2.83. The molecule has 1 aliphatic heterocycles. The van der Waals surface area contributed by atoms with E-state index < -0.39 is 0 Å². The maximum atomic E-state index is 13.5. The van der Waals surface area contributed by atoms with Gasteiger partial charge in [0.15, 0.2) is 0 Å². The average Bonchev–Trinajstić information content (AvgIpc) is 2.12. The molecule has 1 aromatic rings. The van der Waals surface area contributed by atoms with Crippen molar-refractivity contribution in [2.24, 2.45) is 0 Å². The fraction of sp³-hybridized carbons (Fsp3) is 0.455. The Morgan fingerprint density at radius 2 is 2.23 bits per heavy atom. The Hall–Kier alpha value is -1.05. The lowest BCUT2D eigenvalue weighted by molar-refractivity contribution is 0.583. The summed E-state index contributed by atoms with van der Waals surface area (Å²) in [4.78, 5) is 2.00. The number of fused-ring (bicyclic) bond motifs is 1. The summed E-state index contributed by atoms with van der Waals surface area (Å²) in [7, 11) is 1.95. The van der Waals surface area contributed by atoms with E-state index in [1.807, 2.05) is 18.0 Å². The summed E-state index contributed by atoms with van der Waals surface area (Å²) in [6.45, 7) is 3.11. The molecule has 0 aliphatic carbocycles. The van der Waals surface area contributed by atoms with E-state index in [1.54, 1.807) is 6.07 Å². The fourth-order valence-corrected chi connectivity index (χ4v) is 1.99. The molecule has 0 aromatic heterocycles. The first-order valence-electron chi connectivity index (χ1n) is 4.69. The van der Waals surface area contributed by atoms with Gasteiger partial charge < -0.3 is 4.90 Å². The number of hydrogen-bond donors (Lipinski definition) is 0. The van der Waals surface area contributed by atoms with Crippen LogP contribution in [0.25, 0.3) is 0 Å². The minimum Gasteiger partial charge on any atom is -0.372 e. The SMILES string of the molecule is CC1CCN(C)c2c(F)cccc21. The lowest BCUT2D eigenvalue weighted by Crippen LogP contribution is -2.27. The second-order valence-corrected chi connectivity index (χ2v) is 3.79. The van der Waals surface area contributed by atoms with Gasteiger partial charge in [-0.25, -0.2) is 4.39 Å². The van der Waals surface area contributed by atoms with Crippen LogP contribution in [0.3, 0.4) is 0 Å². The van der Waals surface area contributed by atoms with Gasteiger partial charge in [0.2, 0.25) is 0 Å². The molecule has 0 saturated carbocycles. The third-order valence-electron chi connectivity index (χ3n) is 2.83. The predicted molar refractivity (Wildman–Crippen MR) is 52.7 cm³/mol. The zero-order chi connectivity index (χ0) is 9.42. The summed E-state index contributed by atoms with van der Waals surface area (Å²) in [6.07, 6.45) is 1.12. The molecule has 2 heteroatoms. The molecule has 0 radical (unpaired) electrons. The maximum Gasteiger partial charge on any atom is 0.146 e. The first kappa shape index (κ1) is 8.54. The highest BCUT2D eigenvalue weighted by molar-refractivity contribution is 5.57. The third kappa shape index (κ3) is 1.30. The van der Waals surface area contributed by atoms with E-state index in [1.165, 1.54) is 6.07 Å². The van der Waals surface area contributed by atoms with Gasteiger partial charge in [0.05, 0.1) is 5.69 Å². The molecule has 0 saturated heterocycles. The Bertz CT molecular complexity index is 322. The van der Waals surface area contributed by atoms with Crippen molar-refractivity contribution < 1.29 is 4.39 Å². The van der Waals surface area contributed by atoms with Crippen LogP contribution in [0, 0.1) is 5.82 Å². The summed E-state index contributed by atoms with van der Waals surface area (Å²) in [5, 5.41) is 0. The van der Waals surface area contributed by atoms with Crippen LogP contribution in [0.15, 0.2) is 18.2 Å². The summed E-state index contributed by atoms with van der Waals surface area (Å²) in [6, 6.07) is 5.36. The van der Waals surface area contributed by atoms with Crippen LogP contribution < -0.4 is 4.90 Å². The molecule has 1 aliphatic rings. The number of hydrogen-bond acceptors (Lipinski definition) is 1. The highest BCUT2D eigenvalue weighted by Gasteiger charge is 2.22. The lowest BCUT2D eigenvalue weighted by atomic mass is 9.92. The van der Waals surface area contributed by atoms with Crippen LogP contribution in [0.5, 0.6) is 0 Å². The zero-order valence-electron chi connectivity index (χ0n) is 8.05. The van der Waals surface area contributed by atoms with Crippen molar-refractivity contribution in [1.82, 2.24) is 0 Å². The van der Waals surface area contributed by atoms with Gasteiger partial charge in [-0.05, 0) is 24.0 Å². The van der Waals surface area contributed by atoms with Gasteiger partial charge in [0.1, 0.15) is 5.82 Å². The molecular formula is C11H14FN. The standard InChI is InChI=1S/C11H14FN/c1-8-6-7-13(2)11-9(8)4-3-5-10(11)12/h3-5,8H,6-7H2,1-2H3. The molecule has 0 spiro atoms. The number of halogens is 1. The van der Waals surface area contributed by atoms with E-state index in [0.717, 1.165) is 24.2 Å². The van der Waals surface area contributed by atoms with E-state index in [4.69, 9.17) is 0 Å². The normalized spacial score (nSPS) is 21.5. The number of rotatable bonds is 0. The van der Waals surface area contributed by atoms with E-state index in [0.29, 0.717) is 5.92 Å². The number of benzene rings is 1. The predicted octanol–water partition coefficient (Wildman–Crippen LogP) is 2.77. The summed E-state index contributed by atoms with van der Waals surface area (Å²) in [5.74, 6) is 0.397. The zero-order valence-corrected chi connectivity index (χ0v) is 8.05. The molecule has 70 valence electrons. The van der Waals surface area contributed by atoms with E-state index >= 15 is 0 Å². The molecule has 1 unspecified atom stereocenters. The van der Waals surface area contributed by atoms with Gasteiger partial charge >= 0.3 is 0 Å². The van der Waals surface area contributed by atoms with Crippen LogP contribution in [-0.4, -0.2) is 13.6 Å². The summed E-state index contributed by atoms with van der Waals surface area (Å²) < 4.78 is 13.5. The largest absolute Gasteiger partial charge is 0.372 e. The van der Waals surface area contributed by atoms with Gasteiger partial charge in [-0.3, -0.25) is 0 Å². The molecule has 1 nitrogen and oxygen atoms in total. The summed E-state index contributed by atoms with van der Waals surface area (Å²) in [5.41, 5.74) is 1.94. The van der Waals surface area contributed by atoms with Crippen molar-refractivity contribution in [2.45, 2.75) is 19.3 Å². The topological polar surface area (TPSA) is 3.24 Å². The monoisotopic (exact) mass is 179 g/mol. The van der Waals surface area contributed by atoms with E-state index in [9.17, 15) is 4.39 Å². The first-order chi connectivity index (χ1) is 6.20. The maximum absolute atomic E-state index is 13.5. The van der Waals surface area contributed by atoms with Crippen LogP contribution in [0.2, 0.25) is 0 Å². The lowest BCUT2D eigenvalue weighted by Gasteiger charge is -2.31. The van der Waals surface area contributed by atoms with Crippen molar-refractivity contribution in [3.8, 4) is 0 Å². The molecule has 1 atom stereocenters.